The standard InChI is InChI=1S/C10H21OP.C6H6.CHNO/c1-4-10(5-2,6-3)8-7-9-12-11;1-2-4-6-5-3-1;2-1-3/h4-9H2,1-3H3;1-6H;2H. The minimum atomic E-state index is 0.311. The number of nitrogens with one attached hydrogen (secondary N) is 1. The summed E-state index contributed by atoms with van der Waals surface area (Å²) >= 11 is 0. The van der Waals surface area contributed by atoms with Crippen molar-refractivity contribution < 1.29 is 9.36 Å². The zero-order valence-corrected chi connectivity index (χ0v) is 14.4. The van der Waals surface area contributed by atoms with Crippen molar-refractivity contribution in [3.05, 3.63) is 36.4 Å². The minimum absolute atomic E-state index is 0.311. The van der Waals surface area contributed by atoms with Crippen molar-refractivity contribution in [2.45, 2.75) is 52.9 Å². The largest absolute Gasteiger partial charge is 0.275 e. The third-order valence-electron chi connectivity index (χ3n) is 3.87. The molecule has 3 nitrogen and oxygen atoms in total. The highest BCUT2D eigenvalue weighted by Crippen LogP contribution is 2.35. The summed E-state index contributed by atoms with van der Waals surface area (Å²) in [7, 11) is 0.311. The number of rotatable bonds is 7. The average Bonchev–Trinajstić information content (AvgIpc) is 2.55. The molecule has 0 fully saturated rings. The Morgan fingerprint density at radius 3 is 1.52 bits per heavy atom. The summed E-state index contributed by atoms with van der Waals surface area (Å²) in [5.74, 6) is 0. The van der Waals surface area contributed by atoms with Crippen LogP contribution in [-0.4, -0.2) is 12.2 Å². The molecular weight excluding hydrogens is 281 g/mol. The van der Waals surface area contributed by atoms with Gasteiger partial charge in [0.15, 0.2) is 8.46 Å². The molecule has 0 spiro atoms. The summed E-state index contributed by atoms with van der Waals surface area (Å²) in [6.45, 7) is 6.80. The first-order valence-electron chi connectivity index (χ1n) is 7.49. The van der Waals surface area contributed by atoms with Crippen molar-refractivity contribution in [1.29, 1.82) is 5.41 Å². The lowest BCUT2D eigenvalue weighted by Gasteiger charge is -2.30. The molecule has 1 aromatic carbocycles. The lowest BCUT2D eigenvalue weighted by molar-refractivity contribution is 0.227. The zero-order valence-electron chi connectivity index (χ0n) is 13.5. The van der Waals surface area contributed by atoms with Gasteiger partial charge in [0, 0.05) is 6.16 Å². The molecule has 1 N–H and O–H groups in total. The zero-order chi connectivity index (χ0) is 16.4. The first kappa shape index (κ1) is 22.0. The molecule has 0 unspecified atom stereocenters. The first-order chi connectivity index (χ1) is 10.2. The van der Waals surface area contributed by atoms with E-state index in [9.17, 15) is 4.57 Å². The smallest absolute Gasteiger partial charge is 0.231 e. The number of benzene rings is 1. The molecule has 0 aliphatic rings. The van der Waals surface area contributed by atoms with E-state index >= 15 is 0 Å². The van der Waals surface area contributed by atoms with E-state index < -0.39 is 0 Å². The second-order valence-electron chi connectivity index (χ2n) is 4.77. The summed E-state index contributed by atoms with van der Waals surface area (Å²) < 4.78 is 10.3. The van der Waals surface area contributed by atoms with Crippen molar-refractivity contribution in [3.8, 4) is 0 Å². The number of hydrogen-bond donors (Lipinski definition) is 1. The third-order valence-corrected chi connectivity index (χ3v) is 4.37. The quantitative estimate of drug-likeness (QED) is 0.297. The van der Waals surface area contributed by atoms with Crippen LogP contribution in [0.1, 0.15) is 52.9 Å². The number of hydrogen-bond acceptors (Lipinski definition) is 3. The van der Waals surface area contributed by atoms with E-state index in [-0.39, 0.29) is 0 Å². The van der Waals surface area contributed by atoms with Crippen LogP contribution < -0.4 is 0 Å². The van der Waals surface area contributed by atoms with Crippen LogP contribution in [0.15, 0.2) is 36.4 Å². The van der Waals surface area contributed by atoms with Crippen LogP contribution in [0.5, 0.6) is 0 Å². The normalized spacial score (nSPS) is 9.67. The van der Waals surface area contributed by atoms with Gasteiger partial charge >= 0.3 is 0 Å². The van der Waals surface area contributed by atoms with E-state index in [2.05, 4.69) is 20.8 Å². The second kappa shape index (κ2) is 16.8. The molecule has 0 aromatic heterocycles. The first-order valence-corrected chi connectivity index (χ1v) is 8.49. The monoisotopic (exact) mass is 309 g/mol. The van der Waals surface area contributed by atoms with E-state index in [4.69, 9.17) is 10.2 Å². The van der Waals surface area contributed by atoms with Gasteiger partial charge in [-0.1, -0.05) is 76.4 Å². The topological polar surface area (TPSA) is 58.0 Å². The molecule has 0 aliphatic carbocycles. The van der Waals surface area contributed by atoms with Gasteiger partial charge in [-0.25, -0.2) is 10.2 Å². The average molecular weight is 309 g/mol. The van der Waals surface area contributed by atoms with Crippen LogP contribution in [0.3, 0.4) is 0 Å². The van der Waals surface area contributed by atoms with E-state index in [0.29, 0.717) is 13.9 Å². The minimum Gasteiger partial charge on any atom is -0.275 e. The Morgan fingerprint density at radius 2 is 1.29 bits per heavy atom. The molecule has 1 rings (SSSR count). The Hall–Kier alpha value is -1.30. The number of isocyanates is 1. The van der Waals surface area contributed by atoms with Crippen LogP contribution in [-0.2, 0) is 9.36 Å². The molecular formula is C17H28NO2P. The Labute approximate surface area is 130 Å². The van der Waals surface area contributed by atoms with Gasteiger partial charge in [0.2, 0.25) is 6.08 Å². The molecule has 0 radical (unpaired) electrons. The van der Waals surface area contributed by atoms with Gasteiger partial charge in [-0.05, 0) is 18.3 Å². The third kappa shape index (κ3) is 13.4. The van der Waals surface area contributed by atoms with Gasteiger partial charge in [-0.3, -0.25) is 4.57 Å². The Bertz CT molecular complexity index is 323. The predicted octanol–water partition coefficient (Wildman–Crippen LogP) is 5.86. The maximum Gasteiger partial charge on any atom is 0.231 e. The van der Waals surface area contributed by atoms with Crippen LogP contribution >= 0.6 is 8.46 Å². The van der Waals surface area contributed by atoms with E-state index in [0.717, 1.165) is 18.7 Å². The molecule has 0 heterocycles. The molecule has 0 aliphatic heterocycles. The maximum atomic E-state index is 10.3. The molecule has 4 heteroatoms. The molecule has 21 heavy (non-hydrogen) atoms. The molecule has 0 saturated carbocycles. The van der Waals surface area contributed by atoms with Gasteiger partial charge in [0.05, 0.1) is 0 Å². The highest BCUT2D eigenvalue weighted by molar-refractivity contribution is 7.23. The van der Waals surface area contributed by atoms with Gasteiger partial charge in [-0.15, -0.1) is 0 Å². The lowest BCUT2D eigenvalue weighted by atomic mass is 9.76. The van der Waals surface area contributed by atoms with Crippen LogP contribution in [0.4, 0.5) is 0 Å². The van der Waals surface area contributed by atoms with Crippen LogP contribution in [0, 0.1) is 10.8 Å². The summed E-state index contributed by atoms with van der Waals surface area (Å²) in [6, 6.07) is 12.0. The van der Waals surface area contributed by atoms with Crippen molar-refractivity contribution in [3.63, 3.8) is 0 Å². The summed E-state index contributed by atoms with van der Waals surface area (Å²) in [5.41, 5.74) is 0.532. The summed E-state index contributed by atoms with van der Waals surface area (Å²) in [5, 5.41) is 5.40. The van der Waals surface area contributed by atoms with Crippen LogP contribution in [0.2, 0.25) is 0 Å². The van der Waals surface area contributed by atoms with Crippen LogP contribution in [0.25, 0.3) is 0 Å². The molecule has 0 amide bonds. The Kier molecular flexibility index (Phi) is 17.5. The fraction of sp³-hybridized carbons (Fsp3) is 0.588. The van der Waals surface area contributed by atoms with Crippen molar-refractivity contribution in [1.82, 2.24) is 0 Å². The SMILES string of the molecule is CCC(CC)(CC)CCCP=O.N=C=O.c1ccccc1. The fourth-order valence-corrected chi connectivity index (χ4v) is 2.47. The van der Waals surface area contributed by atoms with E-state index in [1.54, 1.807) is 0 Å². The Morgan fingerprint density at radius 1 is 0.952 bits per heavy atom. The highest BCUT2D eigenvalue weighted by atomic mass is 31.1. The second-order valence-corrected chi connectivity index (χ2v) is 5.48. The van der Waals surface area contributed by atoms with Gasteiger partial charge in [0.1, 0.15) is 0 Å². The van der Waals surface area contributed by atoms with Crippen molar-refractivity contribution >= 4 is 14.5 Å². The molecule has 118 valence electrons. The maximum absolute atomic E-state index is 10.3. The predicted molar refractivity (Wildman–Crippen MR) is 89.9 cm³/mol. The van der Waals surface area contributed by atoms with Crippen molar-refractivity contribution in [2.75, 3.05) is 6.16 Å². The molecule has 1 aromatic rings. The summed E-state index contributed by atoms with van der Waals surface area (Å²) in [4.78, 5) is 8.35. The molecule has 0 atom stereocenters. The molecule has 0 saturated heterocycles. The van der Waals surface area contributed by atoms with E-state index in [1.807, 2.05) is 36.4 Å². The number of carbonyl (C=O) groups excluding carboxylic acids is 1. The fourth-order valence-electron chi connectivity index (χ4n) is 2.18. The van der Waals surface area contributed by atoms with Gasteiger partial charge in [0.25, 0.3) is 0 Å². The van der Waals surface area contributed by atoms with Crippen molar-refractivity contribution in [2.24, 2.45) is 5.41 Å². The lowest BCUT2D eigenvalue weighted by Crippen LogP contribution is -2.17. The molecule has 0 bridgehead atoms. The van der Waals surface area contributed by atoms with E-state index in [1.165, 1.54) is 25.7 Å². The van der Waals surface area contributed by atoms with Gasteiger partial charge < -0.3 is 0 Å². The van der Waals surface area contributed by atoms with Gasteiger partial charge in [-0.2, -0.15) is 0 Å². The summed E-state index contributed by atoms with van der Waals surface area (Å²) in [6.07, 6.45) is 7.72. The Balaban J connectivity index is 0. The highest BCUT2D eigenvalue weighted by Gasteiger charge is 2.22.